The monoisotopic (exact) mass is 457 g/mol. The number of hydrogen-bond donors (Lipinski definition) is 2. The number of aryl methyl sites for hydroxylation is 1. The minimum Gasteiger partial charge on any atom is -0.458 e. The van der Waals surface area contributed by atoms with E-state index in [2.05, 4.69) is 15.0 Å². The van der Waals surface area contributed by atoms with Gasteiger partial charge in [0.05, 0.1) is 4.90 Å². The molecule has 0 aliphatic carbocycles. The molecule has 2 N–H and O–H groups in total. The van der Waals surface area contributed by atoms with E-state index in [9.17, 15) is 18.0 Å². The molecule has 1 atom stereocenters. The van der Waals surface area contributed by atoms with E-state index in [0.29, 0.717) is 23.0 Å². The van der Waals surface area contributed by atoms with E-state index in [0.717, 1.165) is 5.56 Å². The number of carbonyl (C=O) groups excluding carboxylic acids is 2. The lowest BCUT2D eigenvalue weighted by atomic mass is 10.2. The lowest BCUT2D eigenvalue weighted by molar-refractivity contribution is -0.146. The van der Waals surface area contributed by atoms with E-state index in [1.165, 1.54) is 38.1 Å². The Morgan fingerprint density at radius 1 is 1.09 bits per heavy atom. The average Bonchev–Trinajstić information content (AvgIpc) is 3.13. The maximum absolute atomic E-state index is 12.5. The molecule has 1 amide bonds. The van der Waals surface area contributed by atoms with Crippen LogP contribution in [-0.2, 0) is 31.0 Å². The van der Waals surface area contributed by atoms with Crippen molar-refractivity contribution in [1.29, 1.82) is 0 Å². The zero-order chi connectivity index (χ0) is 23.3. The number of esters is 1. The van der Waals surface area contributed by atoms with Gasteiger partial charge in [0.15, 0.2) is 0 Å². The van der Waals surface area contributed by atoms with E-state index in [4.69, 9.17) is 9.15 Å². The topological polar surface area (TPSA) is 128 Å². The minimum atomic E-state index is -3.97. The van der Waals surface area contributed by atoms with Gasteiger partial charge in [0.25, 0.3) is 0 Å². The van der Waals surface area contributed by atoms with Crippen molar-refractivity contribution in [3.8, 4) is 11.5 Å². The van der Waals surface area contributed by atoms with Crippen LogP contribution in [0.25, 0.3) is 11.5 Å². The van der Waals surface area contributed by atoms with Gasteiger partial charge in [-0.2, -0.15) is 4.72 Å². The zero-order valence-electron chi connectivity index (χ0n) is 17.8. The van der Waals surface area contributed by atoms with Crippen molar-refractivity contribution in [1.82, 2.24) is 9.71 Å². The van der Waals surface area contributed by atoms with E-state index in [1.807, 2.05) is 30.3 Å². The molecule has 1 heterocycles. The summed E-state index contributed by atoms with van der Waals surface area (Å²) in [6.45, 7) is 4.29. The van der Waals surface area contributed by atoms with Gasteiger partial charge in [-0.25, -0.2) is 13.4 Å². The van der Waals surface area contributed by atoms with Crippen LogP contribution in [0, 0.1) is 6.92 Å². The van der Waals surface area contributed by atoms with Crippen LogP contribution in [0.2, 0.25) is 0 Å². The number of benzene rings is 2. The summed E-state index contributed by atoms with van der Waals surface area (Å²) in [4.78, 5) is 27.7. The maximum atomic E-state index is 12.5. The van der Waals surface area contributed by atoms with Crippen LogP contribution in [0.5, 0.6) is 0 Å². The van der Waals surface area contributed by atoms with Gasteiger partial charge in [0, 0.05) is 18.2 Å². The standard InChI is InChI=1S/C22H23N3O6S/c1-14(25-32(28,29)19-11-9-18(10-12-19)23-16(3)26)22(27)30-13-20-15(2)31-21(24-20)17-7-5-4-6-8-17/h4-12,14,25H,13H2,1-3H3,(H,23,26)/t14-/m0/s1. The van der Waals surface area contributed by atoms with Crippen LogP contribution in [0.4, 0.5) is 5.69 Å². The second kappa shape index (κ2) is 9.75. The molecule has 0 aliphatic heterocycles. The molecule has 32 heavy (non-hydrogen) atoms. The third kappa shape index (κ3) is 5.80. The second-order valence-electron chi connectivity index (χ2n) is 7.04. The number of sulfonamides is 1. The first-order valence-electron chi connectivity index (χ1n) is 9.74. The third-order valence-electron chi connectivity index (χ3n) is 4.44. The first kappa shape index (κ1) is 23.2. The molecule has 9 nitrogen and oxygen atoms in total. The summed E-state index contributed by atoms with van der Waals surface area (Å²) >= 11 is 0. The van der Waals surface area contributed by atoms with Gasteiger partial charge in [0.2, 0.25) is 21.8 Å². The summed E-state index contributed by atoms with van der Waals surface area (Å²) in [5.74, 6) is -0.116. The molecule has 0 unspecified atom stereocenters. The van der Waals surface area contributed by atoms with E-state index in [1.54, 1.807) is 6.92 Å². The Balaban J connectivity index is 1.60. The summed E-state index contributed by atoms with van der Waals surface area (Å²) in [6.07, 6.45) is 0. The van der Waals surface area contributed by atoms with Gasteiger partial charge >= 0.3 is 5.97 Å². The smallest absolute Gasteiger partial charge is 0.324 e. The summed E-state index contributed by atoms with van der Waals surface area (Å²) < 4.78 is 38.2. The van der Waals surface area contributed by atoms with Crippen molar-refractivity contribution >= 4 is 27.6 Å². The Labute approximate surface area is 185 Å². The molecule has 2 aromatic carbocycles. The molecule has 0 spiro atoms. The fourth-order valence-corrected chi connectivity index (χ4v) is 3.99. The van der Waals surface area contributed by atoms with Crippen LogP contribution in [0.15, 0.2) is 63.9 Å². The van der Waals surface area contributed by atoms with Gasteiger partial charge in [-0.05, 0) is 50.2 Å². The lowest BCUT2D eigenvalue weighted by Gasteiger charge is -2.14. The summed E-state index contributed by atoms with van der Waals surface area (Å²) in [5.41, 5.74) is 1.70. The van der Waals surface area contributed by atoms with E-state index >= 15 is 0 Å². The lowest BCUT2D eigenvalue weighted by Crippen LogP contribution is -2.39. The highest BCUT2D eigenvalue weighted by molar-refractivity contribution is 7.89. The van der Waals surface area contributed by atoms with Crippen molar-refractivity contribution < 1.29 is 27.2 Å². The predicted molar refractivity (Wildman–Crippen MR) is 117 cm³/mol. The zero-order valence-corrected chi connectivity index (χ0v) is 18.6. The first-order valence-corrected chi connectivity index (χ1v) is 11.2. The molecule has 3 aromatic rings. The Bertz CT molecular complexity index is 1200. The van der Waals surface area contributed by atoms with Crippen LogP contribution in [0.1, 0.15) is 25.3 Å². The number of hydrogen-bond acceptors (Lipinski definition) is 7. The number of anilines is 1. The number of aromatic nitrogens is 1. The van der Waals surface area contributed by atoms with Gasteiger partial charge < -0.3 is 14.5 Å². The molecule has 0 fully saturated rings. The summed E-state index contributed by atoms with van der Waals surface area (Å²) in [6, 6.07) is 13.7. The SMILES string of the molecule is CC(=O)Nc1ccc(S(=O)(=O)N[C@@H](C)C(=O)OCc2nc(-c3ccccc3)oc2C)cc1. The molecule has 0 aliphatic rings. The van der Waals surface area contributed by atoms with Crippen LogP contribution in [-0.4, -0.2) is 31.3 Å². The molecule has 0 radical (unpaired) electrons. The van der Waals surface area contributed by atoms with Gasteiger partial charge in [-0.3, -0.25) is 9.59 Å². The van der Waals surface area contributed by atoms with Crippen molar-refractivity contribution in [2.75, 3.05) is 5.32 Å². The maximum Gasteiger partial charge on any atom is 0.324 e. The Kier molecular flexibility index (Phi) is 7.06. The van der Waals surface area contributed by atoms with Crippen molar-refractivity contribution in [2.24, 2.45) is 0 Å². The van der Waals surface area contributed by atoms with Crippen molar-refractivity contribution in [3.05, 3.63) is 66.1 Å². The number of rotatable bonds is 8. The normalized spacial score (nSPS) is 12.2. The van der Waals surface area contributed by atoms with E-state index in [-0.39, 0.29) is 17.4 Å². The molecule has 168 valence electrons. The van der Waals surface area contributed by atoms with Crippen molar-refractivity contribution in [3.63, 3.8) is 0 Å². The Morgan fingerprint density at radius 2 is 1.75 bits per heavy atom. The molecule has 0 bridgehead atoms. The Hall–Kier alpha value is -3.50. The number of ether oxygens (including phenoxy) is 1. The highest BCUT2D eigenvalue weighted by Crippen LogP contribution is 2.22. The van der Waals surface area contributed by atoms with Crippen LogP contribution in [0.3, 0.4) is 0 Å². The number of carbonyl (C=O) groups is 2. The summed E-state index contributed by atoms with van der Waals surface area (Å²) in [7, 11) is -3.97. The molecule has 1 aromatic heterocycles. The Morgan fingerprint density at radius 3 is 2.38 bits per heavy atom. The average molecular weight is 458 g/mol. The van der Waals surface area contributed by atoms with Crippen LogP contribution >= 0.6 is 0 Å². The highest BCUT2D eigenvalue weighted by Gasteiger charge is 2.24. The van der Waals surface area contributed by atoms with Gasteiger partial charge in [0.1, 0.15) is 24.1 Å². The number of amides is 1. The first-order chi connectivity index (χ1) is 15.2. The number of oxazole rings is 1. The van der Waals surface area contributed by atoms with Crippen molar-refractivity contribution in [2.45, 2.75) is 38.3 Å². The fraction of sp³-hybridized carbons (Fsp3) is 0.227. The number of nitrogens with zero attached hydrogens (tertiary/aromatic N) is 1. The van der Waals surface area contributed by atoms with E-state index < -0.39 is 22.0 Å². The van der Waals surface area contributed by atoms with Gasteiger partial charge in [-0.1, -0.05) is 18.2 Å². The molecule has 3 rings (SSSR count). The molecular formula is C22H23N3O6S. The largest absolute Gasteiger partial charge is 0.458 e. The quantitative estimate of drug-likeness (QED) is 0.498. The minimum absolute atomic E-state index is 0.0499. The fourth-order valence-electron chi connectivity index (χ4n) is 2.80. The molecule has 0 saturated carbocycles. The summed E-state index contributed by atoms with van der Waals surface area (Å²) in [5, 5.41) is 2.55. The second-order valence-corrected chi connectivity index (χ2v) is 8.76. The van der Waals surface area contributed by atoms with Crippen LogP contribution < -0.4 is 10.0 Å². The molecule has 10 heteroatoms. The molecule has 0 saturated heterocycles. The highest BCUT2D eigenvalue weighted by atomic mass is 32.2. The van der Waals surface area contributed by atoms with Gasteiger partial charge in [-0.15, -0.1) is 0 Å². The molecular weight excluding hydrogens is 434 g/mol. The number of nitrogens with one attached hydrogen (secondary N) is 2. The third-order valence-corrected chi connectivity index (χ3v) is 5.99. The predicted octanol–water partition coefficient (Wildman–Crippen LogP) is 3.02.